The van der Waals surface area contributed by atoms with Crippen LogP contribution in [0.25, 0.3) is 21.3 Å². The molecule has 6 nitrogen and oxygen atoms in total. The van der Waals surface area contributed by atoms with E-state index in [4.69, 9.17) is 23.1 Å². The molecule has 0 atom stereocenters. The maximum Gasteiger partial charge on any atom is 0.253 e. The van der Waals surface area contributed by atoms with E-state index in [1.54, 1.807) is 24.3 Å². The molecule has 0 unspecified atom stereocenters. The number of rotatable bonds is 4. The van der Waals surface area contributed by atoms with Gasteiger partial charge in [-0.15, -0.1) is 11.3 Å². The molecule has 1 amide bonds. The molecule has 0 spiro atoms. The number of nitrogens with zero attached hydrogens (tertiary/aromatic N) is 2. The van der Waals surface area contributed by atoms with Crippen molar-refractivity contribution in [3.8, 4) is 17.2 Å². The molecule has 4 rings (SSSR count). The first-order valence-corrected chi connectivity index (χ1v) is 9.73. The van der Waals surface area contributed by atoms with Crippen molar-refractivity contribution in [1.82, 2.24) is 4.98 Å². The van der Waals surface area contributed by atoms with E-state index < -0.39 is 5.91 Å². The number of aromatic nitrogens is 1. The molecule has 0 fully saturated rings. The summed E-state index contributed by atoms with van der Waals surface area (Å²) in [6.45, 7) is 0. The number of pyridine rings is 1. The van der Waals surface area contributed by atoms with Gasteiger partial charge in [-0.3, -0.25) is 4.79 Å². The highest BCUT2D eigenvalue weighted by atomic mass is 35.5. The number of halogens is 1. The van der Waals surface area contributed by atoms with E-state index in [0.29, 0.717) is 25.8 Å². The molecule has 0 aliphatic carbocycles. The van der Waals surface area contributed by atoms with Crippen LogP contribution in [0, 0.1) is 11.3 Å². The highest BCUT2D eigenvalue weighted by molar-refractivity contribution is 7.24. The van der Waals surface area contributed by atoms with E-state index in [1.807, 2.05) is 30.3 Å². The topological polar surface area (TPSA) is 118 Å². The normalized spacial score (nSPS) is 10.6. The molecular weight excluding hydrogens is 406 g/mol. The summed E-state index contributed by atoms with van der Waals surface area (Å²) in [7, 11) is 0. The van der Waals surface area contributed by atoms with Crippen LogP contribution in [0.4, 0.5) is 16.5 Å². The number of nitriles is 1. The Kier molecular flexibility index (Phi) is 4.80. The Morgan fingerprint density at radius 2 is 1.83 bits per heavy atom. The number of nitrogens with two attached hydrogens (primary N) is 2. The van der Waals surface area contributed by atoms with Gasteiger partial charge in [0.2, 0.25) is 0 Å². The summed E-state index contributed by atoms with van der Waals surface area (Å²) in [6.07, 6.45) is 0. The molecule has 5 N–H and O–H groups in total. The van der Waals surface area contributed by atoms with Gasteiger partial charge in [0.15, 0.2) is 0 Å². The number of carbonyl (C=O) groups is 1. The van der Waals surface area contributed by atoms with Crippen molar-refractivity contribution in [2.24, 2.45) is 5.73 Å². The minimum atomic E-state index is -0.631. The van der Waals surface area contributed by atoms with Gasteiger partial charge in [-0.1, -0.05) is 41.9 Å². The Hall–Kier alpha value is -3.60. The van der Waals surface area contributed by atoms with Gasteiger partial charge >= 0.3 is 0 Å². The SMILES string of the molecule is N#Cc1c(N)nc2c(C(N)=O)c(Nc3ccccc3)sc2c1-c1ccc(Cl)cc1. The third-order valence-corrected chi connectivity index (χ3v) is 5.74. The lowest BCUT2D eigenvalue weighted by Crippen LogP contribution is -2.13. The number of hydrogen-bond donors (Lipinski definition) is 3. The van der Waals surface area contributed by atoms with E-state index >= 15 is 0 Å². The fraction of sp³-hybridized carbons (Fsp3) is 0. The molecule has 0 saturated heterocycles. The number of thiophene rings is 1. The molecule has 0 saturated carbocycles. The lowest BCUT2D eigenvalue weighted by molar-refractivity contribution is 0.100. The van der Waals surface area contributed by atoms with Crippen LogP contribution in [0.2, 0.25) is 5.02 Å². The number of nitrogen functional groups attached to an aromatic ring is 1. The smallest absolute Gasteiger partial charge is 0.253 e. The van der Waals surface area contributed by atoms with Crippen molar-refractivity contribution in [2.45, 2.75) is 0 Å². The Bertz CT molecular complexity index is 1280. The molecular formula is C21H14ClN5OS. The molecule has 0 aliphatic heterocycles. The summed E-state index contributed by atoms with van der Waals surface area (Å²) in [5.74, 6) is -0.593. The van der Waals surface area contributed by atoms with Crippen LogP contribution in [0.5, 0.6) is 0 Å². The molecule has 4 aromatic rings. The van der Waals surface area contributed by atoms with E-state index in [-0.39, 0.29) is 16.9 Å². The van der Waals surface area contributed by atoms with Crippen LogP contribution in [-0.4, -0.2) is 10.9 Å². The monoisotopic (exact) mass is 419 g/mol. The standard InChI is InChI=1S/C21H14ClN5OS/c22-12-8-6-11(7-9-12)15-14(10-23)19(24)27-17-16(20(25)28)21(29-18(15)17)26-13-4-2-1-3-5-13/h1-9,26H,(H2,24,27)(H2,25,28). The van der Waals surface area contributed by atoms with Crippen LogP contribution < -0.4 is 16.8 Å². The third kappa shape index (κ3) is 3.36. The van der Waals surface area contributed by atoms with E-state index in [0.717, 1.165) is 11.3 Å². The van der Waals surface area contributed by atoms with Gasteiger partial charge < -0.3 is 16.8 Å². The van der Waals surface area contributed by atoms with Gasteiger partial charge in [0.05, 0.1) is 10.2 Å². The highest BCUT2D eigenvalue weighted by Gasteiger charge is 2.24. The van der Waals surface area contributed by atoms with Crippen LogP contribution in [-0.2, 0) is 0 Å². The Labute approximate surface area is 175 Å². The van der Waals surface area contributed by atoms with E-state index in [1.165, 1.54) is 11.3 Å². The summed E-state index contributed by atoms with van der Waals surface area (Å²) >= 11 is 7.31. The summed E-state index contributed by atoms with van der Waals surface area (Å²) in [4.78, 5) is 16.6. The first-order valence-electron chi connectivity index (χ1n) is 8.53. The minimum Gasteiger partial charge on any atom is -0.383 e. The molecule has 0 radical (unpaired) electrons. The van der Waals surface area contributed by atoms with Gasteiger partial charge in [-0.25, -0.2) is 4.98 Å². The largest absolute Gasteiger partial charge is 0.383 e. The zero-order valence-corrected chi connectivity index (χ0v) is 16.5. The van der Waals surface area contributed by atoms with Gasteiger partial charge in [0.1, 0.15) is 28.0 Å². The molecule has 2 aromatic carbocycles. The summed E-state index contributed by atoms with van der Waals surface area (Å²) < 4.78 is 0.644. The van der Waals surface area contributed by atoms with Crippen LogP contribution >= 0.6 is 22.9 Å². The van der Waals surface area contributed by atoms with E-state index in [9.17, 15) is 10.1 Å². The quantitative estimate of drug-likeness (QED) is 0.434. The molecule has 29 heavy (non-hydrogen) atoms. The first-order chi connectivity index (χ1) is 14.0. The lowest BCUT2D eigenvalue weighted by Gasteiger charge is -2.08. The molecule has 8 heteroatoms. The number of hydrogen-bond acceptors (Lipinski definition) is 6. The molecule has 0 aliphatic rings. The molecule has 2 aromatic heterocycles. The number of anilines is 3. The second-order valence-electron chi connectivity index (χ2n) is 6.20. The Morgan fingerprint density at radius 1 is 1.14 bits per heavy atom. The number of carbonyl (C=O) groups excluding carboxylic acids is 1. The fourth-order valence-electron chi connectivity index (χ4n) is 3.09. The minimum absolute atomic E-state index is 0.0384. The number of nitrogens with one attached hydrogen (secondary N) is 1. The maximum absolute atomic E-state index is 12.3. The Balaban J connectivity index is 2.04. The summed E-state index contributed by atoms with van der Waals surface area (Å²) in [6, 6.07) is 18.6. The second-order valence-corrected chi connectivity index (χ2v) is 7.66. The predicted molar refractivity (Wildman–Crippen MR) is 117 cm³/mol. The second kappa shape index (κ2) is 7.43. The van der Waals surface area contributed by atoms with Crippen molar-refractivity contribution in [1.29, 1.82) is 5.26 Å². The average molecular weight is 420 g/mol. The number of fused-ring (bicyclic) bond motifs is 1. The van der Waals surface area contributed by atoms with Gasteiger partial charge in [0, 0.05) is 16.3 Å². The number of para-hydroxylation sites is 1. The Morgan fingerprint density at radius 3 is 2.45 bits per heavy atom. The van der Waals surface area contributed by atoms with Crippen molar-refractivity contribution < 1.29 is 4.79 Å². The van der Waals surface area contributed by atoms with Crippen LogP contribution in [0.15, 0.2) is 54.6 Å². The van der Waals surface area contributed by atoms with Crippen molar-refractivity contribution in [3.05, 3.63) is 70.7 Å². The average Bonchev–Trinajstić information content (AvgIpc) is 3.06. The third-order valence-electron chi connectivity index (χ3n) is 4.37. The summed E-state index contributed by atoms with van der Waals surface area (Å²) in [5, 5.41) is 14.0. The molecule has 0 bridgehead atoms. The van der Waals surface area contributed by atoms with Crippen LogP contribution in [0.3, 0.4) is 0 Å². The van der Waals surface area contributed by atoms with Crippen LogP contribution in [0.1, 0.15) is 15.9 Å². The fourth-order valence-corrected chi connectivity index (χ4v) is 4.46. The van der Waals surface area contributed by atoms with Crippen molar-refractivity contribution in [3.63, 3.8) is 0 Å². The zero-order chi connectivity index (χ0) is 20.5. The van der Waals surface area contributed by atoms with Gasteiger partial charge in [-0.05, 0) is 29.8 Å². The first kappa shape index (κ1) is 18.7. The van der Waals surface area contributed by atoms with Gasteiger partial charge in [-0.2, -0.15) is 5.26 Å². The predicted octanol–water partition coefficient (Wildman–Crippen LogP) is 4.91. The molecule has 2 heterocycles. The summed E-state index contributed by atoms with van der Waals surface area (Å²) in [5.41, 5.74) is 14.7. The zero-order valence-electron chi connectivity index (χ0n) is 14.9. The highest BCUT2D eigenvalue weighted by Crippen LogP contribution is 2.44. The van der Waals surface area contributed by atoms with Crippen molar-refractivity contribution >= 4 is 55.6 Å². The lowest BCUT2D eigenvalue weighted by atomic mass is 10.00. The van der Waals surface area contributed by atoms with Crippen molar-refractivity contribution in [2.75, 3.05) is 11.1 Å². The number of amides is 1. The van der Waals surface area contributed by atoms with E-state index in [2.05, 4.69) is 16.4 Å². The number of primary amides is 1. The maximum atomic E-state index is 12.3. The van der Waals surface area contributed by atoms with Gasteiger partial charge in [0.25, 0.3) is 5.91 Å². The molecule has 142 valence electrons. The number of benzene rings is 2.